The minimum Gasteiger partial charge on any atom is -0.237 e. The number of hydrogen-bond donors (Lipinski definition) is 0. The average molecular weight is 153 g/mol. The lowest BCUT2D eigenvalue weighted by Crippen LogP contribution is -2.29. The summed E-state index contributed by atoms with van der Waals surface area (Å²) < 4.78 is 4.50. The summed E-state index contributed by atoms with van der Waals surface area (Å²) in [7, 11) is 2.08. The van der Waals surface area contributed by atoms with Gasteiger partial charge in [-0.3, -0.25) is 0 Å². The van der Waals surface area contributed by atoms with E-state index >= 15 is 0 Å². The topological polar surface area (TPSA) is 8.81 Å². The molecule has 0 saturated carbocycles. The molecule has 1 rings (SSSR count). The van der Waals surface area contributed by atoms with Gasteiger partial charge in [0.2, 0.25) is 0 Å². The minimum atomic E-state index is 0.566. The zero-order valence-electron chi connectivity index (χ0n) is 8.05. The highest BCUT2D eigenvalue weighted by Crippen LogP contribution is 2.09. The van der Waals surface area contributed by atoms with E-state index < -0.39 is 0 Å². The van der Waals surface area contributed by atoms with Gasteiger partial charge < -0.3 is 0 Å². The number of aryl methyl sites for hydroxylation is 2. The van der Waals surface area contributed by atoms with Gasteiger partial charge in [0.05, 0.1) is 13.1 Å². The highest BCUT2D eigenvalue weighted by Gasteiger charge is 2.15. The van der Waals surface area contributed by atoms with Crippen LogP contribution in [0.3, 0.4) is 0 Å². The molecule has 11 heavy (non-hydrogen) atoms. The van der Waals surface area contributed by atoms with Gasteiger partial charge in [-0.2, -0.15) is 0 Å². The predicted molar refractivity (Wildman–Crippen MR) is 45.5 cm³/mol. The standard InChI is InChI=1S/C9H17N2/c1-7(2)11-8(3)6-10(5)9(11)4/h6-7H,1-5H3/q+1. The summed E-state index contributed by atoms with van der Waals surface area (Å²) in [4.78, 5) is 0. The molecule has 0 atom stereocenters. The van der Waals surface area contributed by atoms with E-state index in [1.165, 1.54) is 11.5 Å². The Balaban J connectivity index is 3.22. The molecule has 2 nitrogen and oxygen atoms in total. The Bertz CT molecular complexity index is 259. The van der Waals surface area contributed by atoms with Gasteiger partial charge in [0, 0.05) is 13.8 Å². The molecule has 0 bridgehead atoms. The molecule has 0 unspecified atom stereocenters. The van der Waals surface area contributed by atoms with Crippen LogP contribution in [0.15, 0.2) is 6.20 Å². The molecule has 0 amide bonds. The number of imidazole rings is 1. The fourth-order valence-electron chi connectivity index (χ4n) is 1.64. The molecular formula is C9H17N2+. The lowest BCUT2D eigenvalue weighted by molar-refractivity contribution is -0.677. The summed E-state index contributed by atoms with van der Waals surface area (Å²) in [6, 6.07) is 0.566. The number of hydrogen-bond acceptors (Lipinski definition) is 0. The third-order valence-corrected chi connectivity index (χ3v) is 2.14. The second-order valence-corrected chi connectivity index (χ2v) is 3.39. The van der Waals surface area contributed by atoms with Crippen molar-refractivity contribution in [3.8, 4) is 0 Å². The van der Waals surface area contributed by atoms with E-state index in [-0.39, 0.29) is 0 Å². The van der Waals surface area contributed by atoms with E-state index in [0.29, 0.717) is 6.04 Å². The molecule has 62 valence electrons. The van der Waals surface area contributed by atoms with E-state index in [0.717, 1.165) is 0 Å². The van der Waals surface area contributed by atoms with Crippen molar-refractivity contribution in [1.29, 1.82) is 0 Å². The zero-order valence-corrected chi connectivity index (χ0v) is 8.05. The van der Waals surface area contributed by atoms with Crippen LogP contribution in [0, 0.1) is 13.8 Å². The van der Waals surface area contributed by atoms with Crippen LogP contribution in [0.4, 0.5) is 0 Å². The van der Waals surface area contributed by atoms with Crippen molar-refractivity contribution in [2.45, 2.75) is 33.7 Å². The van der Waals surface area contributed by atoms with Gasteiger partial charge in [-0.1, -0.05) is 0 Å². The lowest BCUT2D eigenvalue weighted by atomic mass is 10.3. The van der Waals surface area contributed by atoms with Crippen LogP contribution in [-0.4, -0.2) is 4.57 Å². The van der Waals surface area contributed by atoms with E-state index in [1.54, 1.807) is 0 Å². The third kappa shape index (κ3) is 1.30. The second kappa shape index (κ2) is 2.68. The Morgan fingerprint density at radius 3 is 2.09 bits per heavy atom. The van der Waals surface area contributed by atoms with Gasteiger partial charge in [0.25, 0.3) is 5.82 Å². The first kappa shape index (κ1) is 8.31. The molecule has 0 aliphatic rings. The quantitative estimate of drug-likeness (QED) is 0.541. The molecule has 0 aliphatic carbocycles. The predicted octanol–water partition coefficient (Wildman–Crippen LogP) is 1.51. The van der Waals surface area contributed by atoms with E-state index in [9.17, 15) is 0 Å². The van der Waals surface area contributed by atoms with Crippen LogP contribution in [0.1, 0.15) is 31.4 Å². The van der Waals surface area contributed by atoms with Crippen LogP contribution < -0.4 is 4.57 Å². The monoisotopic (exact) mass is 153 g/mol. The van der Waals surface area contributed by atoms with Crippen LogP contribution in [0.5, 0.6) is 0 Å². The van der Waals surface area contributed by atoms with E-state index in [2.05, 4.69) is 50.1 Å². The van der Waals surface area contributed by atoms with E-state index in [1.807, 2.05) is 0 Å². The molecule has 0 radical (unpaired) electrons. The Labute approximate surface area is 68.5 Å². The molecule has 0 fully saturated rings. The summed E-state index contributed by atoms with van der Waals surface area (Å²) >= 11 is 0. The average Bonchev–Trinajstić information content (AvgIpc) is 2.07. The fourth-order valence-corrected chi connectivity index (χ4v) is 1.64. The number of rotatable bonds is 1. The summed E-state index contributed by atoms with van der Waals surface area (Å²) in [5, 5.41) is 0. The van der Waals surface area contributed by atoms with Gasteiger partial charge in [-0.25, -0.2) is 9.13 Å². The molecule has 0 spiro atoms. The molecule has 1 heterocycles. The Hall–Kier alpha value is -0.790. The van der Waals surface area contributed by atoms with Crippen molar-refractivity contribution in [2.75, 3.05) is 0 Å². The summed E-state index contributed by atoms with van der Waals surface area (Å²) in [6.07, 6.45) is 2.16. The van der Waals surface area contributed by atoms with Crippen LogP contribution in [0.25, 0.3) is 0 Å². The van der Waals surface area contributed by atoms with Crippen molar-refractivity contribution in [1.82, 2.24) is 4.57 Å². The molecule has 0 N–H and O–H groups in total. The van der Waals surface area contributed by atoms with Crippen LogP contribution in [-0.2, 0) is 7.05 Å². The summed E-state index contributed by atoms with van der Waals surface area (Å²) in [5.74, 6) is 1.32. The van der Waals surface area contributed by atoms with Crippen molar-refractivity contribution in [3.05, 3.63) is 17.7 Å². The molecular weight excluding hydrogens is 136 g/mol. The van der Waals surface area contributed by atoms with Gasteiger partial charge in [0.1, 0.15) is 11.9 Å². The lowest BCUT2D eigenvalue weighted by Gasteiger charge is -2.03. The second-order valence-electron chi connectivity index (χ2n) is 3.39. The maximum atomic E-state index is 2.33. The van der Waals surface area contributed by atoms with E-state index in [4.69, 9.17) is 0 Å². The molecule has 1 aromatic rings. The van der Waals surface area contributed by atoms with Crippen molar-refractivity contribution in [3.63, 3.8) is 0 Å². The maximum absolute atomic E-state index is 2.33. The van der Waals surface area contributed by atoms with Crippen molar-refractivity contribution < 1.29 is 4.57 Å². The van der Waals surface area contributed by atoms with Crippen molar-refractivity contribution >= 4 is 0 Å². The first-order valence-electron chi connectivity index (χ1n) is 4.08. The van der Waals surface area contributed by atoms with Gasteiger partial charge in [-0.15, -0.1) is 0 Å². The number of nitrogens with zero attached hydrogens (tertiary/aromatic N) is 2. The first-order chi connectivity index (χ1) is 5.04. The Morgan fingerprint density at radius 1 is 1.36 bits per heavy atom. The largest absolute Gasteiger partial charge is 0.253 e. The van der Waals surface area contributed by atoms with Gasteiger partial charge >= 0.3 is 0 Å². The van der Waals surface area contributed by atoms with Gasteiger partial charge in [0.15, 0.2) is 0 Å². The van der Waals surface area contributed by atoms with Crippen molar-refractivity contribution in [2.24, 2.45) is 7.05 Å². The normalized spacial score (nSPS) is 11.1. The molecule has 0 aromatic carbocycles. The van der Waals surface area contributed by atoms with Gasteiger partial charge in [-0.05, 0) is 13.8 Å². The highest BCUT2D eigenvalue weighted by molar-refractivity contribution is 4.96. The Kier molecular flexibility index (Phi) is 2.03. The molecule has 2 heteroatoms. The SMILES string of the molecule is Cc1c[n+](C)c(C)n1C(C)C. The summed E-state index contributed by atoms with van der Waals surface area (Å²) in [6.45, 7) is 8.71. The summed E-state index contributed by atoms with van der Waals surface area (Å²) in [5.41, 5.74) is 1.33. The zero-order chi connectivity index (χ0) is 8.59. The maximum Gasteiger partial charge on any atom is 0.253 e. The molecule has 0 saturated heterocycles. The Morgan fingerprint density at radius 2 is 1.91 bits per heavy atom. The smallest absolute Gasteiger partial charge is 0.237 e. The van der Waals surface area contributed by atoms with Crippen LogP contribution in [0.2, 0.25) is 0 Å². The fraction of sp³-hybridized carbons (Fsp3) is 0.667. The first-order valence-corrected chi connectivity index (χ1v) is 4.08. The highest BCUT2D eigenvalue weighted by atomic mass is 15.2. The third-order valence-electron chi connectivity index (χ3n) is 2.14. The molecule has 1 aromatic heterocycles. The molecule has 0 aliphatic heterocycles. The van der Waals surface area contributed by atoms with Crippen LogP contribution >= 0.6 is 0 Å². The minimum absolute atomic E-state index is 0.566. The number of aromatic nitrogens is 2.